The van der Waals surface area contributed by atoms with Crippen LogP contribution in [0.1, 0.15) is 24.0 Å². The minimum atomic E-state index is -0.173. The number of hydrogen-bond donors (Lipinski definition) is 1. The summed E-state index contributed by atoms with van der Waals surface area (Å²) in [4.78, 5) is 2.34. The average Bonchev–Trinajstić information content (AvgIpc) is 2.66. The average molecular weight is 358 g/mol. The zero-order chi connectivity index (χ0) is 18.5. The van der Waals surface area contributed by atoms with Gasteiger partial charge in [0.2, 0.25) is 0 Å². The monoisotopic (exact) mass is 358 g/mol. The smallest absolute Gasteiger partial charge is 0.127 e. The van der Waals surface area contributed by atoms with Gasteiger partial charge in [-0.25, -0.2) is 4.39 Å². The first-order valence-electron chi connectivity index (χ1n) is 9.06. The van der Waals surface area contributed by atoms with E-state index in [-0.39, 0.29) is 5.82 Å². The second-order valence-electron chi connectivity index (χ2n) is 6.71. The van der Waals surface area contributed by atoms with Crippen molar-refractivity contribution in [3.8, 4) is 11.5 Å². The fraction of sp³-hybridized carbons (Fsp3) is 0.429. The van der Waals surface area contributed by atoms with E-state index in [1.807, 2.05) is 31.2 Å². The summed E-state index contributed by atoms with van der Waals surface area (Å²) in [5.74, 6) is 1.51. The third-order valence-corrected chi connectivity index (χ3v) is 5.09. The summed E-state index contributed by atoms with van der Waals surface area (Å²) < 4.78 is 24.2. The largest absolute Gasteiger partial charge is 0.496 e. The first kappa shape index (κ1) is 18.5. The summed E-state index contributed by atoms with van der Waals surface area (Å²) in [5.41, 5.74) is 3.18. The SMILES string of the molecule is COc1cccc(OC)c1CNC1CCN(c2ccc(F)cc2C)CC1. The van der Waals surface area contributed by atoms with E-state index >= 15 is 0 Å². The lowest BCUT2D eigenvalue weighted by Gasteiger charge is -2.35. The van der Waals surface area contributed by atoms with Crippen LogP contribution in [0.25, 0.3) is 0 Å². The van der Waals surface area contributed by atoms with E-state index < -0.39 is 0 Å². The number of piperidine rings is 1. The van der Waals surface area contributed by atoms with E-state index in [9.17, 15) is 4.39 Å². The maximum Gasteiger partial charge on any atom is 0.127 e. The van der Waals surface area contributed by atoms with Crippen LogP contribution >= 0.6 is 0 Å². The van der Waals surface area contributed by atoms with Crippen molar-refractivity contribution in [3.05, 3.63) is 53.3 Å². The van der Waals surface area contributed by atoms with E-state index in [0.29, 0.717) is 12.6 Å². The highest BCUT2D eigenvalue weighted by Gasteiger charge is 2.21. The van der Waals surface area contributed by atoms with E-state index in [4.69, 9.17) is 9.47 Å². The van der Waals surface area contributed by atoms with Gasteiger partial charge in [-0.2, -0.15) is 0 Å². The van der Waals surface area contributed by atoms with Crippen molar-refractivity contribution in [2.75, 3.05) is 32.2 Å². The van der Waals surface area contributed by atoms with E-state index in [0.717, 1.165) is 54.2 Å². The summed E-state index contributed by atoms with van der Waals surface area (Å²) in [7, 11) is 3.36. The Morgan fingerprint density at radius 1 is 1.08 bits per heavy atom. The van der Waals surface area contributed by atoms with Gasteiger partial charge in [0, 0.05) is 36.9 Å². The summed E-state index contributed by atoms with van der Waals surface area (Å²) in [6.45, 7) is 4.62. The highest BCUT2D eigenvalue weighted by molar-refractivity contribution is 5.53. The molecule has 0 unspecified atom stereocenters. The van der Waals surface area contributed by atoms with Gasteiger partial charge in [-0.3, -0.25) is 0 Å². The molecule has 0 radical (unpaired) electrons. The molecule has 5 heteroatoms. The third-order valence-electron chi connectivity index (χ3n) is 5.09. The summed E-state index contributed by atoms with van der Waals surface area (Å²) in [6.07, 6.45) is 2.10. The molecule has 3 rings (SSSR count). The molecule has 0 aliphatic carbocycles. The Morgan fingerprint density at radius 3 is 2.31 bits per heavy atom. The van der Waals surface area contributed by atoms with Crippen LogP contribution in [0.4, 0.5) is 10.1 Å². The van der Waals surface area contributed by atoms with E-state index in [2.05, 4.69) is 10.2 Å². The number of aryl methyl sites for hydroxylation is 1. The lowest BCUT2D eigenvalue weighted by atomic mass is 10.0. The predicted octanol–water partition coefficient (Wildman–Crippen LogP) is 3.91. The molecule has 140 valence electrons. The second kappa shape index (κ2) is 8.41. The van der Waals surface area contributed by atoms with Crippen molar-refractivity contribution >= 4 is 5.69 Å². The highest BCUT2D eigenvalue weighted by Crippen LogP contribution is 2.29. The molecule has 0 bridgehead atoms. The van der Waals surface area contributed by atoms with E-state index in [1.54, 1.807) is 26.4 Å². The molecule has 1 aliphatic rings. The number of nitrogens with one attached hydrogen (secondary N) is 1. The Labute approximate surface area is 154 Å². The summed E-state index contributed by atoms with van der Waals surface area (Å²) in [6, 6.07) is 11.3. The summed E-state index contributed by atoms with van der Waals surface area (Å²) in [5, 5.41) is 3.64. The molecule has 0 spiro atoms. The van der Waals surface area contributed by atoms with Gasteiger partial charge in [-0.05, 0) is 55.7 Å². The van der Waals surface area contributed by atoms with Crippen LogP contribution in [0.15, 0.2) is 36.4 Å². The van der Waals surface area contributed by atoms with Crippen LogP contribution in [-0.4, -0.2) is 33.4 Å². The summed E-state index contributed by atoms with van der Waals surface area (Å²) >= 11 is 0. The third kappa shape index (κ3) is 4.10. The fourth-order valence-electron chi connectivity index (χ4n) is 3.65. The Kier molecular flexibility index (Phi) is 5.99. The first-order chi connectivity index (χ1) is 12.6. The Hall–Kier alpha value is -2.27. The van der Waals surface area contributed by atoms with Crippen molar-refractivity contribution in [1.29, 1.82) is 0 Å². The van der Waals surface area contributed by atoms with Crippen molar-refractivity contribution in [1.82, 2.24) is 5.32 Å². The zero-order valence-electron chi connectivity index (χ0n) is 15.7. The van der Waals surface area contributed by atoms with Crippen molar-refractivity contribution in [2.24, 2.45) is 0 Å². The van der Waals surface area contributed by atoms with Gasteiger partial charge in [0.05, 0.1) is 14.2 Å². The number of nitrogens with zero attached hydrogens (tertiary/aromatic N) is 1. The highest BCUT2D eigenvalue weighted by atomic mass is 19.1. The molecule has 0 saturated carbocycles. The molecule has 1 aliphatic heterocycles. The van der Waals surface area contributed by atoms with Crippen LogP contribution in [0.5, 0.6) is 11.5 Å². The number of anilines is 1. The molecule has 4 nitrogen and oxygen atoms in total. The van der Waals surface area contributed by atoms with Crippen LogP contribution in [-0.2, 0) is 6.54 Å². The van der Waals surface area contributed by atoms with Crippen LogP contribution in [0.2, 0.25) is 0 Å². The molecule has 0 aromatic heterocycles. The van der Waals surface area contributed by atoms with Gasteiger partial charge in [0.15, 0.2) is 0 Å². The molecule has 1 N–H and O–H groups in total. The minimum Gasteiger partial charge on any atom is -0.496 e. The number of benzene rings is 2. The predicted molar refractivity (Wildman–Crippen MR) is 103 cm³/mol. The maximum absolute atomic E-state index is 13.3. The molecule has 0 amide bonds. The number of rotatable bonds is 6. The van der Waals surface area contributed by atoms with Crippen LogP contribution < -0.4 is 19.7 Å². The second-order valence-corrected chi connectivity index (χ2v) is 6.71. The number of ether oxygens (including phenoxy) is 2. The first-order valence-corrected chi connectivity index (χ1v) is 9.06. The van der Waals surface area contributed by atoms with Gasteiger partial charge in [0.1, 0.15) is 17.3 Å². The van der Waals surface area contributed by atoms with Gasteiger partial charge in [0.25, 0.3) is 0 Å². The van der Waals surface area contributed by atoms with Gasteiger partial charge >= 0.3 is 0 Å². The lowest BCUT2D eigenvalue weighted by Crippen LogP contribution is -2.42. The van der Waals surface area contributed by atoms with Gasteiger partial charge in [-0.1, -0.05) is 6.07 Å². The maximum atomic E-state index is 13.3. The van der Waals surface area contributed by atoms with Crippen LogP contribution in [0, 0.1) is 12.7 Å². The van der Waals surface area contributed by atoms with Gasteiger partial charge < -0.3 is 19.7 Å². The normalized spacial score (nSPS) is 15.2. The standard InChI is InChI=1S/C21H27FN2O2/c1-15-13-16(22)7-8-19(15)24-11-9-17(10-12-24)23-14-18-20(25-2)5-4-6-21(18)26-3/h4-8,13,17,23H,9-12,14H2,1-3H3. The molecule has 1 heterocycles. The molecule has 26 heavy (non-hydrogen) atoms. The van der Waals surface area contributed by atoms with E-state index in [1.165, 1.54) is 0 Å². The minimum absolute atomic E-state index is 0.173. The number of halogens is 1. The lowest BCUT2D eigenvalue weighted by molar-refractivity contribution is 0.369. The quantitative estimate of drug-likeness (QED) is 0.849. The topological polar surface area (TPSA) is 33.7 Å². The molecular formula is C21H27FN2O2. The number of hydrogen-bond acceptors (Lipinski definition) is 4. The molecule has 1 saturated heterocycles. The van der Waals surface area contributed by atoms with Crippen molar-refractivity contribution < 1.29 is 13.9 Å². The van der Waals surface area contributed by atoms with Crippen LogP contribution in [0.3, 0.4) is 0 Å². The Bertz CT molecular complexity index is 721. The molecule has 0 atom stereocenters. The van der Waals surface area contributed by atoms with Crippen molar-refractivity contribution in [3.63, 3.8) is 0 Å². The molecule has 2 aromatic carbocycles. The van der Waals surface area contributed by atoms with Gasteiger partial charge in [-0.15, -0.1) is 0 Å². The molecule has 1 fully saturated rings. The number of methoxy groups -OCH3 is 2. The Balaban J connectivity index is 1.58. The fourth-order valence-corrected chi connectivity index (χ4v) is 3.65. The zero-order valence-corrected chi connectivity index (χ0v) is 15.7. The Morgan fingerprint density at radius 2 is 1.73 bits per heavy atom. The molecule has 2 aromatic rings. The van der Waals surface area contributed by atoms with Crippen molar-refractivity contribution in [2.45, 2.75) is 32.4 Å². The molecular weight excluding hydrogens is 331 g/mol.